The second kappa shape index (κ2) is 6.50. The summed E-state index contributed by atoms with van der Waals surface area (Å²) >= 11 is 0. The Labute approximate surface area is 94.9 Å². The Morgan fingerprint density at radius 2 is 2.44 bits per heavy atom. The average molecular weight is 220 g/mol. The zero-order valence-electron chi connectivity index (χ0n) is 9.16. The number of ether oxygens (including phenoxy) is 2. The molecule has 4 heteroatoms. The first-order valence-electron chi connectivity index (χ1n) is 4.95. The Hall–Kier alpha value is -1.97. The number of nitrogens with one attached hydrogen (secondary N) is 1. The van der Waals surface area contributed by atoms with E-state index in [1.807, 2.05) is 6.92 Å². The monoisotopic (exact) mass is 220 g/mol. The SMILES string of the molecule is C=CCOC(=O)Nc1c[c]cc(OCC)c1. The van der Waals surface area contributed by atoms with E-state index in [9.17, 15) is 4.79 Å². The molecule has 0 aromatic heterocycles. The lowest BCUT2D eigenvalue weighted by atomic mass is 10.3. The summed E-state index contributed by atoms with van der Waals surface area (Å²) in [5, 5.41) is 2.56. The largest absolute Gasteiger partial charge is 0.494 e. The molecule has 1 aromatic carbocycles. The Balaban J connectivity index is 2.55. The lowest BCUT2D eigenvalue weighted by Gasteiger charge is -2.07. The van der Waals surface area contributed by atoms with Gasteiger partial charge in [-0.15, -0.1) is 0 Å². The summed E-state index contributed by atoms with van der Waals surface area (Å²) in [5.41, 5.74) is 0.583. The second-order valence-corrected chi connectivity index (χ2v) is 2.90. The molecule has 1 radical (unpaired) electrons. The van der Waals surface area contributed by atoms with E-state index in [0.29, 0.717) is 18.0 Å². The van der Waals surface area contributed by atoms with Crippen LogP contribution in [-0.4, -0.2) is 19.3 Å². The molecule has 1 aromatic rings. The minimum absolute atomic E-state index is 0.181. The van der Waals surface area contributed by atoms with E-state index >= 15 is 0 Å². The van der Waals surface area contributed by atoms with Crippen LogP contribution in [0.3, 0.4) is 0 Å². The fourth-order valence-corrected chi connectivity index (χ4v) is 1.06. The van der Waals surface area contributed by atoms with Crippen molar-refractivity contribution in [2.45, 2.75) is 6.92 Å². The number of carbonyl (C=O) groups is 1. The number of hydrogen-bond acceptors (Lipinski definition) is 3. The third kappa shape index (κ3) is 4.04. The normalized spacial score (nSPS) is 9.31. The summed E-state index contributed by atoms with van der Waals surface area (Å²) < 4.78 is 10.0. The van der Waals surface area contributed by atoms with Crippen molar-refractivity contribution in [2.24, 2.45) is 0 Å². The van der Waals surface area contributed by atoms with Crippen LogP contribution >= 0.6 is 0 Å². The van der Waals surface area contributed by atoms with Gasteiger partial charge in [-0.1, -0.05) is 12.7 Å². The fraction of sp³-hybridized carbons (Fsp3) is 0.250. The van der Waals surface area contributed by atoms with E-state index in [4.69, 9.17) is 9.47 Å². The van der Waals surface area contributed by atoms with Crippen LogP contribution in [0.5, 0.6) is 5.75 Å². The van der Waals surface area contributed by atoms with Crippen LogP contribution in [0, 0.1) is 6.07 Å². The molecule has 0 heterocycles. The van der Waals surface area contributed by atoms with E-state index in [0.717, 1.165) is 0 Å². The van der Waals surface area contributed by atoms with Crippen molar-refractivity contribution >= 4 is 11.8 Å². The van der Waals surface area contributed by atoms with Gasteiger partial charge in [0.25, 0.3) is 0 Å². The van der Waals surface area contributed by atoms with E-state index in [1.165, 1.54) is 6.08 Å². The number of carbonyl (C=O) groups excluding carboxylic acids is 1. The van der Waals surface area contributed by atoms with Crippen LogP contribution in [0.2, 0.25) is 0 Å². The van der Waals surface area contributed by atoms with Gasteiger partial charge in [-0.05, 0) is 25.1 Å². The molecular weight excluding hydrogens is 206 g/mol. The highest BCUT2D eigenvalue weighted by atomic mass is 16.5. The minimum atomic E-state index is -0.526. The Morgan fingerprint density at radius 1 is 1.62 bits per heavy atom. The molecule has 0 bridgehead atoms. The van der Waals surface area contributed by atoms with Crippen molar-refractivity contribution in [1.29, 1.82) is 0 Å². The third-order valence-electron chi connectivity index (χ3n) is 1.65. The molecule has 0 unspecified atom stereocenters. The highest BCUT2D eigenvalue weighted by Gasteiger charge is 2.02. The van der Waals surface area contributed by atoms with Gasteiger partial charge in [0, 0.05) is 11.8 Å². The molecule has 1 amide bonds. The average Bonchev–Trinajstić information content (AvgIpc) is 2.27. The highest BCUT2D eigenvalue weighted by molar-refractivity contribution is 5.84. The van der Waals surface area contributed by atoms with Crippen LogP contribution in [0.15, 0.2) is 30.9 Å². The third-order valence-corrected chi connectivity index (χ3v) is 1.65. The number of benzene rings is 1. The van der Waals surface area contributed by atoms with E-state index in [2.05, 4.69) is 18.0 Å². The van der Waals surface area contributed by atoms with E-state index < -0.39 is 6.09 Å². The number of rotatable bonds is 5. The molecule has 0 aliphatic heterocycles. The summed E-state index contributed by atoms with van der Waals surface area (Å²) in [7, 11) is 0. The van der Waals surface area contributed by atoms with Gasteiger partial charge in [0.05, 0.1) is 6.61 Å². The van der Waals surface area contributed by atoms with E-state index in [-0.39, 0.29) is 6.61 Å². The number of hydrogen-bond donors (Lipinski definition) is 1. The van der Waals surface area contributed by atoms with Crippen molar-refractivity contribution in [3.63, 3.8) is 0 Å². The molecule has 1 rings (SSSR count). The lowest BCUT2D eigenvalue weighted by Crippen LogP contribution is -2.13. The minimum Gasteiger partial charge on any atom is -0.494 e. The van der Waals surface area contributed by atoms with Gasteiger partial charge in [0.15, 0.2) is 0 Å². The molecular formula is C12H14NO3. The van der Waals surface area contributed by atoms with Gasteiger partial charge >= 0.3 is 6.09 Å². The highest BCUT2D eigenvalue weighted by Crippen LogP contribution is 2.16. The van der Waals surface area contributed by atoms with Crippen molar-refractivity contribution in [3.05, 3.63) is 36.9 Å². The van der Waals surface area contributed by atoms with Crippen molar-refractivity contribution in [3.8, 4) is 5.75 Å². The van der Waals surface area contributed by atoms with Gasteiger partial charge in [0.2, 0.25) is 0 Å². The van der Waals surface area contributed by atoms with Gasteiger partial charge in [-0.2, -0.15) is 0 Å². The predicted octanol–water partition coefficient (Wildman–Crippen LogP) is 2.62. The molecule has 85 valence electrons. The fourth-order valence-electron chi connectivity index (χ4n) is 1.06. The van der Waals surface area contributed by atoms with Gasteiger partial charge in [-0.25, -0.2) is 4.79 Å². The number of amides is 1. The topological polar surface area (TPSA) is 47.6 Å². The van der Waals surface area contributed by atoms with Crippen molar-refractivity contribution < 1.29 is 14.3 Å². The quantitative estimate of drug-likeness (QED) is 0.776. The Kier molecular flexibility index (Phi) is 4.92. The lowest BCUT2D eigenvalue weighted by molar-refractivity contribution is 0.174. The second-order valence-electron chi connectivity index (χ2n) is 2.90. The van der Waals surface area contributed by atoms with Crippen molar-refractivity contribution in [2.75, 3.05) is 18.5 Å². The summed E-state index contributed by atoms with van der Waals surface area (Å²) in [6.45, 7) is 6.08. The molecule has 0 aliphatic rings. The van der Waals surface area contributed by atoms with Crippen LogP contribution < -0.4 is 10.1 Å². The maximum Gasteiger partial charge on any atom is 0.411 e. The first kappa shape index (κ1) is 12.1. The standard InChI is InChI=1S/C12H14NO3/c1-3-8-16-12(14)13-10-6-5-7-11(9-10)15-4-2/h3,6-7,9H,1,4,8H2,2H3,(H,13,14). The van der Waals surface area contributed by atoms with Crippen LogP contribution in [0.1, 0.15) is 6.92 Å². The molecule has 0 fully saturated rings. The molecule has 16 heavy (non-hydrogen) atoms. The van der Waals surface area contributed by atoms with Crippen LogP contribution in [0.25, 0.3) is 0 Å². The molecule has 4 nitrogen and oxygen atoms in total. The summed E-state index contributed by atoms with van der Waals surface area (Å²) in [6.07, 6.45) is 0.976. The van der Waals surface area contributed by atoms with Crippen molar-refractivity contribution in [1.82, 2.24) is 0 Å². The smallest absolute Gasteiger partial charge is 0.411 e. The molecule has 1 N–H and O–H groups in total. The van der Waals surface area contributed by atoms with Gasteiger partial charge in [0.1, 0.15) is 12.4 Å². The Bertz CT molecular complexity index is 363. The first-order valence-corrected chi connectivity index (χ1v) is 4.95. The molecule has 0 saturated heterocycles. The molecule has 0 atom stereocenters. The van der Waals surface area contributed by atoms with Gasteiger partial charge < -0.3 is 9.47 Å². The number of anilines is 1. The summed E-state index contributed by atoms with van der Waals surface area (Å²) in [4.78, 5) is 11.2. The van der Waals surface area contributed by atoms with Crippen LogP contribution in [0.4, 0.5) is 10.5 Å². The Morgan fingerprint density at radius 3 is 3.12 bits per heavy atom. The van der Waals surface area contributed by atoms with Crippen LogP contribution in [-0.2, 0) is 4.74 Å². The molecule has 0 spiro atoms. The zero-order chi connectivity index (χ0) is 11.8. The zero-order valence-corrected chi connectivity index (χ0v) is 9.16. The van der Waals surface area contributed by atoms with E-state index in [1.54, 1.807) is 18.2 Å². The van der Waals surface area contributed by atoms with Gasteiger partial charge in [-0.3, -0.25) is 5.32 Å². The maximum absolute atomic E-state index is 11.2. The summed E-state index contributed by atoms with van der Waals surface area (Å²) in [5.74, 6) is 0.657. The maximum atomic E-state index is 11.2. The molecule has 0 aliphatic carbocycles. The first-order chi connectivity index (χ1) is 7.76. The predicted molar refractivity (Wildman–Crippen MR) is 61.6 cm³/mol. The molecule has 0 saturated carbocycles. The summed E-state index contributed by atoms with van der Waals surface area (Å²) in [6, 6.07) is 7.90.